The van der Waals surface area contributed by atoms with Crippen molar-refractivity contribution in [2.24, 2.45) is 0 Å². The Labute approximate surface area is 119 Å². The zero-order valence-corrected chi connectivity index (χ0v) is 12.5. The van der Waals surface area contributed by atoms with Crippen molar-refractivity contribution >= 4 is 16.0 Å². The van der Waals surface area contributed by atoms with Gasteiger partial charge in [-0.2, -0.15) is 4.31 Å². The van der Waals surface area contributed by atoms with E-state index in [0.29, 0.717) is 6.54 Å². The molecule has 1 fully saturated rings. The van der Waals surface area contributed by atoms with Gasteiger partial charge in [0.15, 0.2) is 0 Å². The minimum atomic E-state index is -3.65. The van der Waals surface area contributed by atoms with Gasteiger partial charge < -0.3 is 4.74 Å². The highest BCUT2D eigenvalue weighted by atomic mass is 32.2. The Morgan fingerprint density at radius 1 is 1.35 bits per heavy atom. The molecule has 2 rings (SSSR count). The molecule has 5 nitrogen and oxygen atoms in total. The molecule has 110 valence electrons. The first-order valence-corrected chi connectivity index (χ1v) is 8.15. The van der Waals surface area contributed by atoms with Crippen molar-refractivity contribution < 1.29 is 17.9 Å². The first kappa shape index (κ1) is 15.0. The summed E-state index contributed by atoms with van der Waals surface area (Å²) in [5, 5.41) is 0. The van der Waals surface area contributed by atoms with Crippen molar-refractivity contribution in [2.45, 2.75) is 37.1 Å². The molecule has 0 unspecified atom stereocenters. The quantitative estimate of drug-likeness (QED) is 0.754. The smallest absolute Gasteiger partial charge is 0.339 e. The number of sulfonamides is 1. The number of carbonyl (C=O) groups is 1. The molecule has 1 aliphatic carbocycles. The van der Waals surface area contributed by atoms with E-state index in [1.165, 1.54) is 23.5 Å². The third-order valence-electron chi connectivity index (χ3n) is 3.28. The third-order valence-corrected chi connectivity index (χ3v) is 5.29. The van der Waals surface area contributed by atoms with Crippen LogP contribution >= 0.6 is 0 Å². The molecular weight excluding hydrogens is 278 g/mol. The lowest BCUT2D eigenvalue weighted by atomic mass is 10.2. The summed E-state index contributed by atoms with van der Waals surface area (Å²) in [6, 6.07) is 6.27. The largest absolute Gasteiger partial charge is 0.465 e. The number of ether oxygens (including phenoxy) is 1. The Morgan fingerprint density at radius 3 is 2.55 bits per heavy atom. The molecule has 0 amide bonds. The zero-order chi connectivity index (χ0) is 14.8. The van der Waals surface area contributed by atoms with Gasteiger partial charge in [0, 0.05) is 12.6 Å². The fraction of sp³-hybridized carbons (Fsp3) is 0.500. The predicted molar refractivity (Wildman–Crippen MR) is 75.0 cm³/mol. The van der Waals surface area contributed by atoms with Crippen LogP contribution in [0.2, 0.25) is 0 Å². The topological polar surface area (TPSA) is 63.7 Å². The number of hydrogen-bond donors (Lipinski definition) is 0. The van der Waals surface area contributed by atoms with Crippen LogP contribution in [0.15, 0.2) is 29.2 Å². The summed E-state index contributed by atoms with van der Waals surface area (Å²) in [4.78, 5) is 11.8. The summed E-state index contributed by atoms with van der Waals surface area (Å²) in [7, 11) is -2.41. The van der Waals surface area contributed by atoms with E-state index in [4.69, 9.17) is 0 Å². The van der Waals surface area contributed by atoms with Crippen LogP contribution in [0.25, 0.3) is 0 Å². The Kier molecular flexibility index (Phi) is 4.45. The van der Waals surface area contributed by atoms with E-state index < -0.39 is 16.0 Å². The number of rotatable bonds is 6. The lowest BCUT2D eigenvalue weighted by molar-refractivity contribution is 0.0596. The van der Waals surface area contributed by atoms with Gasteiger partial charge in [-0.25, -0.2) is 13.2 Å². The van der Waals surface area contributed by atoms with E-state index in [0.717, 1.165) is 19.3 Å². The Morgan fingerprint density at radius 2 is 2.00 bits per heavy atom. The minimum Gasteiger partial charge on any atom is -0.465 e. The van der Waals surface area contributed by atoms with E-state index in [-0.39, 0.29) is 16.5 Å². The molecule has 1 aromatic rings. The molecule has 6 heteroatoms. The molecule has 0 atom stereocenters. The van der Waals surface area contributed by atoms with Crippen molar-refractivity contribution in [3.63, 3.8) is 0 Å². The van der Waals surface area contributed by atoms with Gasteiger partial charge in [-0.1, -0.05) is 19.1 Å². The summed E-state index contributed by atoms with van der Waals surface area (Å²) in [6.07, 6.45) is 2.52. The summed E-state index contributed by atoms with van der Waals surface area (Å²) in [6.45, 7) is 2.42. The van der Waals surface area contributed by atoms with Crippen LogP contribution in [0.3, 0.4) is 0 Å². The van der Waals surface area contributed by atoms with E-state index in [1.807, 2.05) is 6.92 Å². The molecule has 1 saturated carbocycles. The average molecular weight is 297 g/mol. The predicted octanol–water partition coefficient (Wildman–Crippen LogP) is 2.04. The van der Waals surface area contributed by atoms with Crippen molar-refractivity contribution in [3.05, 3.63) is 29.8 Å². The van der Waals surface area contributed by atoms with Crippen molar-refractivity contribution in [1.29, 1.82) is 0 Å². The van der Waals surface area contributed by atoms with Gasteiger partial charge in [-0.3, -0.25) is 0 Å². The van der Waals surface area contributed by atoms with Crippen LogP contribution < -0.4 is 0 Å². The maximum atomic E-state index is 12.8. The fourth-order valence-corrected chi connectivity index (χ4v) is 4.14. The van der Waals surface area contributed by atoms with E-state index in [9.17, 15) is 13.2 Å². The summed E-state index contributed by atoms with van der Waals surface area (Å²) >= 11 is 0. The number of esters is 1. The lowest BCUT2D eigenvalue weighted by Crippen LogP contribution is -2.34. The van der Waals surface area contributed by atoms with E-state index in [2.05, 4.69) is 4.74 Å². The second-order valence-corrected chi connectivity index (χ2v) is 6.69. The summed E-state index contributed by atoms with van der Waals surface area (Å²) in [5.41, 5.74) is 0.0942. The average Bonchev–Trinajstić information content (AvgIpc) is 3.28. The van der Waals surface area contributed by atoms with Crippen LogP contribution in [0, 0.1) is 0 Å². The normalized spacial score (nSPS) is 15.3. The van der Waals surface area contributed by atoms with Gasteiger partial charge in [0.05, 0.1) is 17.6 Å². The standard InChI is InChI=1S/C14H19NO4S/c1-3-10-15(11-8-9-11)20(17,18)13-7-5-4-6-12(13)14(16)19-2/h4-7,11H,3,8-10H2,1-2H3. The van der Waals surface area contributed by atoms with E-state index >= 15 is 0 Å². The second kappa shape index (κ2) is 5.93. The molecule has 1 aliphatic rings. The highest BCUT2D eigenvalue weighted by molar-refractivity contribution is 7.89. The molecular formula is C14H19NO4S. The van der Waals surface area contributed by atoms with Gasteiger partial charge in [0.1, 0.15) is 0 Å². The monoisotopic (exact) mass is 297 g/mol. The lowest BCUT2D eigenvalue weighted by Gasteiger charge is -2.22. The molecule has 0 radical (unpaired) electrons. The molecule has 0 aliphatic heterocycles. The molecule has 1 aromatic carbocycles. The second-order valence-electron chi connectivity index (χ2n) is 4.83. The Bertz CT molecular complexity index is 593. The molecule has 0 spiro atoms. The number of methoxy groups -OCH3 is 1. The summed E-state index contributed by atoms with van der Waals surface area (Å²) < 4.78 is 31.7. The highest BCUT2D eigenvalue weighted by Crippen LogP contribution is 2.33. The van der Waals surface area contributed by atoms with Crippen molar-refractivity contribution in [2.75, 3.05) is 13.7 Å². The fourth-order valence-electron chi connectivity index (χ4n) is 2.18. The van der Waals surface area contributed by atoms with Gasteiger partial charge >= 0.3 is 5.97 Å². The van der Waals surface area contributed by atoms with E-state index in [1.54, 1.807) is 12.1 Å². The molecule has 0 N–H and O–H groups in total. The van der Waals surface area contributed by atoms with Crippen molar-refractivity contribution in [1.82, 2.24) is 4.31 Å². The zero-order valence-electron chi connectivity index (χ0n) is 11.7. The van der Waals surface area contributed by atoms with Crippen LogP contribution in [0.4, 0.5) is 0 Å². The van der Waals surface area contributed by atoms with Crippen LogP contribution in [-0.4, -0.2) is 38.4 Å². The number of carbonyl (C=O) groups excluding carboxylic acids is 1. The van der Waals surface area contributed by atoms with Crippen LogP contribution in [0.5, 0.6) is 0 Å². The first-order chi connectivity index (χ1) is 9.52. The number of hydrogen-bond acceptors (Lipinski definition) is 4. The Balaban J connectivity index is 2.45. The minimum absolute atomic E-state index is 0.0344. The molecule has 0 saturated heterocycles. The Hall–Kier alpha value is -1.40. The highest BCUT2D eigenvalue weighted by Gasteiger charge is 2.38. The maximum Gasteiger partial charge on any atom is 0.339 e. The first-order valence-electron chi connectivity index (χ1n) is 6.71. The number of nitrogens with zero attached hydrogens (tertiary/aromatic N) is 1. The van der Waals surface area contributed by atoms with Gasteiger partial charge in [0.25, 0.3) is 0 Å². The van der Waals surface area contributed by atoms with Gasteiger partial charge in [-0.05, 0) is 31.4 Å². The molecule has 0 heterocycles. The SMILES string of the molecule is CCCN(C1CC1)S(=O)(=O)c1ccccc1C(=O)OC. The van der Waals surface area contributed by atoms with Crippen molar-refractivity contribution in [3.8, 4) is 0 Å². The van der Waals surface area contributed by atoms with Gasteiger partial charge in [0.2, 0.25) is 10.0 Å². The summed E-state index contributed by atoms with van der Waals surface area (Å²) in [5.74, 6) is -0.628. The van der Waals surface area contributed by atoms with Crippen LogP contribution in [0.1, 0.15) is 36.5 Å². The third kappa shape index (κ3) is 2.86. The molecule has 0 bridgehead atoms. The molecule has 20 heavy (non-hydrogen) atoms. The van der Waals surface area contributed by atoms with Gasteiger partial charge in [-0.15, -0.1) is 0 Å². The molecule has 0 aromatic heterocycles. The van der Waals surface area contributed by atoms with Crippen LogP contribution in [-0.2, 0) is 14.8 Å². The number of benzene rings is 1. The maximum absolute atomic E-state index is 12.8.